The summed E-state index contributed by atoms with van der Waals surface area (Å²) in [6.07, 6.45) is 1.83. The fourth-order valence-corrected chi connectivity index (χ4v) is 10.4. The number of fused-ring (bicyclic) bond motifs is 2. The van der Waals surface area contributed by atoms with Gasteiger partial charge in [-0.05, 0) is 83.6 Å². The highest BCUT2D eigenvalue weighted by molar-refractivity contribution is 14.1. The van der Waals surface area contributed by atoms with E-state index < -0.39 is 25.7 Å². The number of benzene rings is 3. The van der Waals surface area contributed by atoms with Gasteiger partial charge in [0.2, 0.25) is 8.41 Å². The van der Waals surface area contributed by atoms with Gasteiger partial charge in [0.05, 0.1) is 36.6 Å². The molecule has 0 saturated carbocycles. The third kappa shape index (κ3) is 5.70. The molecule has 1 saturated heterocycles. The fourth-order valence-electron chi connectivity index (χ4n) is 7.12. The third-order valence-corrected chi connectivity index (χ3v) is 12.8. The molecule has 1 unspecified atom stereocenters. The Morgan fingerprint density at radius 2 is 1.86 bits per heavy atom. The first kappa shape index (κ1) is 31.5. The first-order chi connectivity index (χ1) is 21.0. The van der Waals surface area contributed by atoms with Crippen LogP contribution < -0.4 is 4.90 Å². The number of ether oxygens (including phenoxy) is 1. The van der Waals surface area contributed by atoms with Gasteiger partial charge in [0.15, 0.2) is 5.60 Å². The topological polar surface area (TPSA) is 80.5 Å². The molecular weight excluding hydrogens is 754 g/mol. The van der Waals surface area contributed by atoms with Crippen LogP contribution in [-0.4, -0.2) is 47.1 Å². The number of aryl methyl sites for hydroxylation is 1. The molecule has 1 N–H and O–H groups in total. The molecule has 5 atom stereocenters. The average molecular weight is 790 g/mol. The Balaban J connectivity index is 1.30. The lowest BCUT2D eigenvalue weighted by Crippen LogP contribution is -2.45. The van der Waals surface area contributed by atoms with Crippen LogP contribution in [0.1, 0.15) is 41.6 Å². The minimum atomic E-state index is -3.30. The predicted molar refractivity (Wildman–Crippen MR) is 183 cm³/mol. The van der Waals surface area contributed by atoms with Crippen LogP contribution in [0.2, 0.25) is 18.6 Å². The Labute approximate surface area is 280 Å². The van der Waals surface area contributed by atoms with Gasteiger partial charge in [-0.1, -0.05) is 70.5 Å². The number of carbonyl (C=O) groups excluding carboxylic acids is 1. The number of amides is 1. The van der Waals surface area contributed by atoms with Crippen molar-refractivity contribution in [2.24, 2.45) is 5.92 Å². The number of aliphatic hydroxyl groups is 1. The van der Waals surface area contributed by atoms with E-state index >= 15 is 4.11 Å². The molecule has 0 bridgehead atoms. The molecule has 1 amide bonds. The van der Waals surface area contributed by atoms with Crippen LogP contribution in [0, 0.1) is 9.49 Å². The predicted octanol–water partition coefficient (Wildman–Crippen LogP) is 7.18. The number of hydrogen-bond acceptors (Lipinski definition) is 5. The molecule has 44 heavy (non-hydrogen) atoms. The quantitative estimate of drug-likeness (QED) is 0.111. The molecule has 1 spiro atoms. The van der Waals surface area contributed by atoms with Crippen molar-refractivity contribution >= 4 is 58.5 Å². The normalized spacial score (nSPS) is 23.8. The van der Waals surface area contributed by atoms with Gasteiger partial charge in [0, 0.05) is 37.8 Å². The summed E-state index contributed by atoms with van der Waals surface area (Å²) in [6.45, 7) is 6.17. The summed E-state index contributed by atoms with van der Waals surface area (Å²) < 4.78 is 26.8. The lowest BCUT2D eigenvalue weighted by molar-refractivity contribution is -0.146. The van der Waals surface area contributed by atoms with Gasteiger partial charge >= 0.3 is 0 Å². The smallest absolute Gasteiger partial charge is 0.264 e. The van der Waals surface area contributed by atoms with E-state index in [0.717, 1.165) is 30.4 Å². The third-order valence-electron chi connectivity index (χ3n) is 9.12. The van der Waals surface area contributed by atoms with Gasteiger partial charge in [-0.25, -0.2) is 0 Å². The Morgan fingerprint density at radius 1 is 1.14 bits per heavy atom. The number of halogens is 3. The molecule has 6 rings (SSSR count). The second-order valence-corrected chi connectivity index (χ2v) is 18.2. The molecule has 3 aromatic carbocycles. The molecule has 0 aliphatic carbocycles. The highest BCUT2D eigenvalue weighted by atomic mass is 127. The number of rotatable bonds is 9. The molecular formula is C33H35BrFIN4O3Si. The van der Waals surface area contributed by atoms with Crippen molar-refractivity contribution in [2.45, 2.75) is 62.7 Å². The zero-order valence-corrected chi connectivity index (χ0v) is 29.6. The number of aromatic nitrogens is 3. The van der Waals surface area contributed by atoms with Crippen LogP contribution in [-0.2, 0) is 28.2 Å². The van der Waals surface area contributed by atoms with Gasteiger partial charge in [-0.15, -0.1) is 5.10 Å². The first-order valence-corrected chi connectivity index (χ1v) is 19.6. The summed E-state index contributed by atoms with van der Waals surface area (Å²) in [4.78, 5) is 16.3. The van der Waals surface area contributed by atoms with E-state index in [2.05, 4.69) is 48.8 Å². The maximum absolute atomic E-state index is 16.2. The van der Waals surface area contributed by atoms with Gasteiger partial charge < -0.3 is 18.9 Å². The molecule has 230 valence electrons. The fraction of sp³-hybridized carbons (Fsp3) is 0.364. The van der Waals surface area contributed by atoms with Crippen molar-refractivity contribution in [3.8, 4) is 0 Å². The molecule has 2 aliphatic heterocycles. The van der Waals surface area contributed by atoms with Crippen molar-refractivity contribution in [1.82, 2.24) is 15.0 Å². The maximum atomic E-state index is 16.2. The maximum Gasteiger partial charge on any atom is 0.264 e. The largest absolute Gasteiger partial charge is 0.395 e. The highest BCUT2D eigenvalue weighted by Gasteiger charge is 2.66. The number of hydrogen-bond donors (Lipinski definition) is 1. The molecule has 1 aromatic heterocycles. The van der Waals surface area contributed by atoms with E-state index in [9.17, 15) is 9.90 Å². The van der Waals surface area contributed by atoms with E-state index in [4.69, 9.17) is 4.74 Å². The van der Waals surface area contributed by atoms with Gasteiger partial charge in [-0.2, -0.15) is 0 Å². The summed E-state index contributed by atoms with van der Waals surface area (Å²) in [5, 5.41) is 18.8. The number of nitrogens with zero attached hydrogens (tertiary/aromatic N) is 4. The molecule has 1 fully saturated rings. The lowest BCUT2D eigenvalue weighted by Gasteiger charge is -2.31. The molecule has 4 aromatic rings. The minimum absolute atomic E-state index is 0.0893. The zero-order valence-electron chi connectivity index (χ0n) is 24.8. The summed E-state index contributed by atoms with van der Waals surface area (Å²) >= 11 is 5.88. The monoisotopic (exact) mass is 788 g/mol. The van der Waals surface area contributed by atoms with Crippen molar-refractivity contribution in [1.29, 1.82) is 0 Å². The van der Waals surface area contributed by atoms with Crippen LogP contribution in [0.4, 0.5) is 9.80 Å². The molecule has 2 aliphatic rings. The average Bonchev–Trinajstić information content (AvgIpc) is 3.64. The molecule has 0 radical (unpaired) electrons. The van der Waals surface area contributed by atoms with Crippen molar-refractivity contribution in [3.05, 3.63) is 109 Å². The van der Waals surface area contributed by atoms with Crippen LogP contribution in [0.15, 0.2) is 83.5 Å². The molecule has 3 heterocycles. The minimum Gasteiger partial charge on any atom is -0.395 e. The van der Waals surface area contributed by atoms with Crippen molar-refractivity contribution in [2.75, 3.05) is 11.5 Å². The van der Waals surface area contributed by atoms with E-state index in [1.54, 1.807) is 22.7 Å². The van der Waals surface area contributed by atoms with Crippen molar-refractivity contribution in [3.63, 3.8) is 0 Å². The summed E-state index contributed by atoms with van der Waals surface area (Å²) in [5.74, 6) is -0.797. The van der Waals surface area contributed by atoms with E-state index in [1.165, 1.54) is 0 Å². The zero-order chi connectivity index (χ0) is 31.2. The van der Waals surface area contributed by atoms with Crippen LogP contribution in [0.3, 0.4) is 0 Å². The second kappa shape index (κ2) is 12.4. The van der Waals surface area contributed by atoms with Crippen molar-refractivity contribution < 1.29 is 18.7 Å². The summed E-state index contributed by atoms with van der Waals surface area (Å²) in [6, 6.07) is 23.7. The van der Waals surface area contributed by atoms with Gasteiger partial charge in [0.25, 0.3) is 5.91 Å². The van der Waals surface area contributed by atoms with Crippen LogP contribution in [0.25, 0.3) is 0 Å². The Morgan fingerprint density at radius 3 is 2.55 bits per heavy atom. The lowest BCUT2D eigenvalue weighted by atomic mass is 9.82. The number of carbonyl (C=O) groups is 1. The first-order valence-electron chi connectivity index (χ1n) is 14.8. The van der Waals surface area contributed by atoms with E-state index in [0.29, 0.717) is 25.2 Å². The number of aliphatic hydroxyl groups excluding tert-OH is 1. The molecule has 7 nitrogen and oxygen atoms in total. The van der Waals surface area contributed by atoms with Gasteiger partial charge in [0.1, 0.15) is 0 Å². The Hall–Kier alpha value is -2.45. The van der Waals surface area contributed by atoms with Crippen LogP contribution >= 0.6 is 38.5 Å². The van der Waals surface area contributed by atoms with E-state index in [1.807, 2.05) is 85.9 Å². The Bertz CT molecular complexity index is 1650. The number of anilines is 1. The Kier molecular flexibility index (Phi) is 8.88. The highest BCUT2D eigenvalue weighted by Crippen LogP contribution is 2.60. The SMILES string of the molecule is C[C@@H]1[C@@H]([Si](C)(C)F)[C@H](CCn2cc(C(CO)c3ccccc3)nn2)O[C@@]12C(=O)N(Cc1ccc(I)cc1)c1ccc(Br)cc12. The standard InChI is InChI=1S/C33H35BrFIN4O3Si/c1-21-31(44(2,3)35)30(15-16-39-19-28(37-38-39)26(20-41)23-7-5-4-6-8-23)43-33(21)27-17-24(34)11-14-29(27)40(32(33)42)18-22-9-12-25(36)13-10-22/h4-14,17,19,21,26,30-31,41H,15-16,18,20H2,1-3H3/t21-,26?,30+,31-,33+/m1/s1. The second-order valence-electron chi connectivity index (χ2n) is 12.3. The van der Waals surface area contributed by atoms with Gasteiger partial charge in [-0.3, -0.25) is 9.48 Å². The molecule has 11 heteroatoms. The summed E-state index contributed by atoms with van der Waals surface area (Å²) in [5.41, 5.74) is 2.55. The summed E-state index contributed by atoms with van der Waals surface area (Å²) in [7, 11) is -3.30. The van der Waals surface area contributed by atoms with E-state index in [-0.39, 0.29) is 24.3 Å². The van der Waals surface area contributed by atoms with Crippen LogP contribution in [0.5, 0.6) is 0 Å².